The Morgan fingerprint density at radius 1 is 1.10 bits per heavy atom. The van der Waals surface area contributed by atoms with E-state index in [0.29, 0.717) is 43.3 Å². The maximum atomic E-state index is 12.4. The monoisotopic (exact) mass is 413 g/mol. The summed E-state index contributed by atoms with van der Waals surface area (Å²) in [6.07, 6.45) is 1.52. The molecule has 1 aliphatic heterocycles. The Hall–Kier alpha value is -3.22. The number of hydrogen-bond donors (Lipinski definition) is 1. The van der Waals surface area contributed by atoms with E-state index in [1.54, 1.807) is 18.2 Å². The van der Waals surface area contributed by atoms with E-state index in [4.69, 9.17) is 18.9 Å². The van der Waals surface area contributed by atoms with E-state index in [0.717, 1.165) is 17.7 Å². The second-order valence-electron chi connectivity index (χ2n) is 6.81. The third-order valence-electron chi connectivity index (χ3n) is 4.57. The summed E-state index contributed by atoms with van der Waals surface area (Å²) in [4.78, 5) is 24.7. The van der Waals surface area contributed by atoms with Crippen LogP contribution >= 0.6 is 0 Å². The van der Waals surface area contributed by atoms with Gasteiger partial charge in [0.2, 0.25) is 0 Å². The second kappa shape index (κ2) is 10.5. The van der Waals surface area contributed by atoms with Crippen LogP contribution in [0.1, 0.15) is 48.7 Å². The molecule has 0 fully saturated rings. The summed E-state index contributed by atoms with van der Waals surface area (Å²) >= 11 is 0. The van der Waals surface area contributed by atoms with Crippen LogP contribution < -0.4 is 19.5 Å². The minimum atomic E-state index is -0.597. The Bertz CT molecular complexity index is 882. The minimum Gasteiger partial charge on any atom is -0.493 e. The zero-order chi connectivity index (χ0) is 21.3. The van der Waals surface area contributed by atoms with Crippen molar-refractivity contribution >= 4 is 11.9 Å². The molecule has 0 aliphatic carbocycles. The van der Waals surface area contributed by atoms with Gasteiger partial charge < -0.3 is 24.3 Å². The topological polar surface area (TPSA) is 83.1 Å². The number of hydrogen-bond acceptors (Lipinski definition) is 6. The molecule has 0 spiro atoms. The third kappa shape index (κ3) is 5.43. The molecule has 1 amide bonds. The number of carbonyl (C=O) groups is 2. The molecule has 3 rings (SSSR count). The number of para-hydroxylation sites is 1. The highest BCUT2D eigenvalue weighted by Crippen LogP contribution is 2.31. The highest BCUT2D eigenvalue weighted by molar-refractivity contribution is 5.92. The van der Waals surface area contributed by atoms with Crippen LogP contribution in [0.25, 0.3) is 0 Å². The molecule has 0 saturated carbocycles. The van der Waals surface area contributed by atoms with Crippen molar-refractivity contribution in [3.8, 4) is 17.2 Å². The summed E-state index contributed by atoms with van der Waals surface area (Å²) in [5.41, 5.74) is 1.22. The molecule has 0 radical (unpaired) electrons. The Morgan fingerprint density at radius 2 is 1.93 bits per heavy atom. The minimum absolute atomic E-state index is 0.166. The molecule has 0 bridgehead atoms. The van der Waals surface area contributed by atoms with Gasteiger partial charge in [-0.25, -0.2) is 4.79 Å². The highest BCUT2D eigenvalue weighted by Gasteiger charge is 2.23. The number of fused-ring (bicyclic) bond motifs is 1. The molecule has 0 saturated heterocycles. The first-order chi connectivity index (χ1) is 14.6. The molecule has 1 unspecified atom stereocenters. The molecule has 2 aromatic carbocycles. The molecular formula is C23H27NO6. The van der Waals surface area contributed by atoms with Crippen LogP contribution in [-0.2, 0) is 9.53 Å². The lowest BCUT2D eigenvalue weighted by molar-refractivity contribution is -0.125. The van der Waals surface area contributed by atoms with Crippen LogP contribution in [0.4, 0.5) is 0 Å². The van der Waals surface area contributed by atoms with Gasteiger partial charge in [-0.3, -0.25) is 4.79 Å². The first kappa shape index (κ1) is 21.5. The van der Waals surface area contributed by atoms with Crippen molar-refractivity contribution in [1.29, 1.82) is 0 Å². The lowest BCUT2D eigenvalue weighted by atomic mass is 10.0. The Balaban J connectivity index is 1.57. The zero-order valence-electron chi connectivity index (χ0n) is 17.3. The van der Waals surface area contributed by atoms with Crippen LogP contribution in [-0.4, -0.2) is 38.3 Å². The molecule has 30 heavy (non-hydrogen) atoms. The van der Waals surface area contributed by atoms with E-state index in [-0.39, 0.29) is 18.6 Å². The normalized spacial score (nSPS) is 14.8. The van der Waals surface area contributed by atoms with E-state index < -0.39 is 5.97 Å². The fraction of sp³-hybridized carbons (Fsp3) is 0.391. The molecule has 1 heterocycles. The number of nitrogens with one attached hydrogen (secondary N) is 1. The SMILES string of the molecule is CCCOc1ccc(C(=O)OCC(=O)NC2CCOc3ccccc32)cc1OCC. The van der Waals surface area contributed by atoms with Crippen molar-refractivity contribution in [2.24, 2.45) is 0 Å². The maximum absolute atomic E-state index is 12.4. The van der Waals surface area contributed by atoms with Crippen molar-refractivity contribution < 1.29 is 28.5 Å². The first-order valence-corrected chi connectivity index (χ1v) is 10.2. The number of esters is 1. The zero-order valence-corrected chi connectivity index (χ0v) is 17.3. The largest absolute Gasteiger partial charge is 0.493 e. The van der Waals surface area contributed by atoms with Crippen molar-refractivity contribution in [2.75, 3.05) is 26.4 Å². The van der Waals surface area contributed by atoms with Crippen molar-refractivity contribution in [3.05, 3.63) is 53.6 Å². The van der Waals surface area contributed by atoms with Gasteiger partial charge in [-0.2, -0.15) is 0 Å². The lowest BCUT2D eigenvalue weighted by Crippen LogP contribution is -2.35. The second-order valence-corrected chi connectivity index (χ2v) is 6.81. The average Bonchev–Trinajstić information content (AvgIpc) is 2.77. The fourth-order valence-corrected chi connectivity index (χ4v) is 3.18. The summed E-state index contributed by atoms with van der Waals surface area (Å²) in [6, 6.07) is 12.3. The van der Waals surface area contributed by atoms with E-state index in [1.807, 2.05) is 38.1 Å². The summed E-state index contributed by atoms with van der Waals surface area (Å²) < 4.78 is 22.0. The van der Waals surface area contributed by atoms with Gasteiger partial charge in [0.25, 0.3) is 5.91 Å². The fourth-order valence-electron chi connectivity index (χ4n) is 3.18. The number of rotatable bonds is 9. The van der Waals surface area contributed by atoms with Crippen LogP contribution in [0.15, 0.2) is 42.5 Å². The average molecular weight is 413 g/mol. The van der Waals surface area contributed by atoms with E-state index >= 15 is 0 Å². The summed E-state index contributed by atoms with van der Waals surface area (Å²) in [6.45, 7) is 5.02. The van der Waals surface area contributed by atoms with Crippen LogP contribution in [0.5, 0.6) is 17.2 Å². The van der Waals surface area contributed by atoms with Gasteiger partial charge in [0.1, 0.15) is 5.75 Å². The highest BCUT2D eigenvalue weighted by atomic mass is 16.5. The molecule has 1 aliphatic rings. The van der Waals surface area contributed by atoms with Gasteiger partial charge in [-0.15, -0.1) is 0 Å². The van der Waals surface area contributed by atoms with Gasteiger partial charge in [0.15, 0.2) is 18.1 Å². The van der Waals surface area contributed by atoms with Gasteiger partial charge >= 0.3 is 5.97 Å². The standard InChI is InChI=1S/C23H27NO6/c1-3-12-28-20-10-9-16(14-21(20)27-4-2)23(26)30-15-22(25)24-18-11-13-29-19-8-6-5-7-17(18)19/h5-10,14,18H,3-4,11-13,15H2,1-2H3,(H,24,25). The Kier molecular flexibility index (Phi) is 7.54. The first-order valence-electron chi connectivity index (χ1n) is 10.2. The van der Waals surface area contributed by atoms with Crippen molar-refractivity contribution in [3.63, 3.8) is 0 Å². The predicted octanol–water partition coefficient (Wildman–Crippen LogP) is 3.67. The van der Waals surface area contributed by atoms with E-state index in [2.05, 4.69) is 5.32 Å². The number of carbonyl (C=O) groups excluding carboxylic acids is 2. The lowest BCUT2D eigenvalue weighted by Gasteiger charge is -2.26. The maximum Gasteiger partial charge on any atom is 0.338 e. The van der Waals surface area contributed by atoms with E-state index in [9.17, 15) is 9.59 Å². The molecule has 0 aromatic heterocycles. The quantitative estimate of drug-likeness (QED) is 0.632. The Labute approximate surface area is 176 Å². The van der Waals surface area contributed by atoms with Crippen LogP contribution in [0.3, 0.4) is 0 Å². The summed E-state index contributed by atoms with van der Waals surface area (Å²) in [5.74, 6) is 0.855. The molecule has 1 atom stereocenters. The molecule has 1 N–H and O–H groups in total. The predicted molar refractivity (Wildman–Crippen MR) is 111 cm³/mol. The Morgan fingerprint density at radius 3 is 2.73 bits per heavy atom. The number of amides is 1. The number of benzene rings is 2. The molecule has 7 nitrogen and oxygen atoms in total. The number of ether oxygens (including phenoxy) is 4. The van der Waals surface area contributed by atoms with Gasteiger partial charge in [-0.1, -0.05) is 25.1 Å². The van der Waals surface area contributed by atoms with Crippen molar-refractivity contribution in [1.82, 2.24) is 5.32 Å². The summed E-state index contributed by atoms with van der Waals surface area (Å²) in [5, 5.41) is 2.91. The van der Waals surface area contributed by atoms with Gasteiger partial charge in [0.05, 0.1) is 31.4 Å². The van der Waals surface area contributed by atoms with E-state index in [1.165, 1.54) is 0 Å². The van der Waals surface area contributed by atoms with Gasteiger partial charge in [-0.05, 0) is 37.6 Å². The van der Waals surface area contributed by atoms with Gasteiger partial charge in [0, 0.05) is 12.0 Å². The molecule has 2 aromatic rings. The molecule has 7 heteroatoms. The molecule has 160 valence electrons. The van der Waals surface area contributed by atoms with Crippen LogP contribution in [0.2, 0.25) is 0 Å². The van der Waals surface area contributed by atoms with Crippen LogP contribution in [0, 0.1) is 0 Å². The summed E-state index contributed by atoms with van der Waals surface area (Å²) in [7, 11) is 0. The smallest absolute Gasteiger partial charge is 0.338 e. The third-order valence-corrected chi connectivity index (χ3v) is 4.57. The van der Waals surface area contributed by atoms with Crippen molar-refractivity contribution in [2.45, 2.75) is 32.7 Å². The molecular weight excluding hydrogens is 386 g/mol.